The largest absolute Gasteiger partial charge is 0.309 e. The average Bonchev–Trinajstić information content (AvgIpc) is 3.37. The molecule has 0 unspecified atom stereocenters. The van der Waals surface area contributed by atoms with E-state index >= 15 is 0 Å². The molecule has 2 nitrogen and oxygen atoms in total. The van der Waals surface area contributed by atoms with Gasteiger partial charge in [-0.15, -0.1) is 11.3 Å². The Morgan fingerprint density at radius 3 is 2.62 bits per heavy atom. The lowest BCUT2D eigenvalue weighted by atomic mass is 9.81. The summed E-state index contributed by atoms with van der Waals surface area (Å²) in [5, 5.41) is 2.71. The Hall–Kier alpha value is -2.91. The summed E-state index contributed by atoms with van der Waals surface area (Å²) in [4.78, 5) is 4.45. The first-order chi connectivity index (χ1) is 14.0. The Bertz CT molecular complexity index is 1490. The predicted molar refractivity (Wildman–Crippen MR) is 125 cm³/mol. The van der Waals surface area contributed by atoms with Crippen LogP contribution in [0.25, 0.3) is 43.3 Å². The first kappa shape index (κ1) is 17.0. The van der Waals surface area contributed by atoms with Crippen LogP contribution in [-0.2, 0) is 5.41 Å². The number of benzene rings is 3. The second kappa shape index (κ2) is 5.58. The summed E-state index contributed by atoms with van der Waals surface area (Å²) in [5.74, 6) is 0. The lowest BCUT2D eigenvalue weighted by Gasteiger charge is -2.22. The van der Waals surface area contributed by atoms with Crippen LogP contribution in [0.4, 0.5) is 0 Å². The summed E-state index contributed by atoms with van der Waals surface area (Å²) < 4.78 is 3.64. The quantitative estimate of drug-likeness (QED) is 0.288. The van der Waals surface area contributed by atoms with Gasteiger partial charge in [0.1, 0.15) is 0 Å². The van der Waals surface area contributed by atoms with Gasteiger partial charge in [0.05, 0.1) is 26.8 Å². The zero-order chi connectivity index (χ0) is 19.9. The lowest BCUT2D eigenvalue weighted by molar-refractivity contribution is 0.639. The number of rotatable bonds is 1. The van der Waals surface area contributed by atoms with Crippen LogP contribution in [-0.4, -0.2) is 9.55 Å². The third-order valence-electron chi connectivity index (χ3n) is 6.96. The summed E-state index contributed by atoms with van der Waals surface area (Å²) in [6, 6.07) is 20.1. The number of para-hydroxylation sites is 1. The third-order valence-corrected chi connectivity index (χ3v) is 7.75. The number of hydrogen-bond donors (Lipinski definition) is 0. The van der Waals surface area contributed by atoms with Gasteiger partial charge in [0.25, 0.3) is 0 Å². The van der Waals surface area contributed by atoms with Gasteiger partial charge in [-0.25, -0.2) is 4.98 Å². The van der Waals surface area contributed by atoms with E-state index in [1.54, 1.807) is 11.3 Å². The van der Waals surface area contributed by atoms with Crippen molar-refractivity contribution in [3.63, 3.8) is 0 Å². The molecule has 0 aliphatic heterocycles. The highest BCUT2D eigenvalue weighted by molar-refractivity contribution is 7.16. The zero-order valence-electron chi connectivity index (χ0n) is 17.1. The molecule has 3 heteroatoms. The molecule has 5 aromatic rings. The van der Waals surface area contributed by atoms with Gasteiger partial charge < -0.3 is 4.57 Å². The molecule has 2 aromatic heterocycles. The number of fused-ring (bicyclic) bond motifs is 6. The monoisotopic (exact) mass is 394 g/mol. The molecule has 0 saturated heterocycles. The van der Waals surface area contributed by atoms with Crippen LogP contribution >= 0.6 is 11.3 Å². The van der Waals surface area contributed by atoms with Crippen LogP contribution < -0.4 is 0 Å². The van der Waals surface area contributed by atoms with Crippen molar-refractivity contribution in [2.75, 3.05) is 0 Å². The summed E-state index contributed by atoms with van der Waals surface area (Å²) in [6.07, 6.45) is 0. The molecule has 1 aliphatic carbocycles. The highest BCUT2D eigenvalue weighted by Crippen LogP contribution is 2.50. The Balaban J connectivity index is 1.80. The van der Waals surface area contributed by atoms with E-state index in [2.05, 4.69) is 91.8 Å². The van der Waals surface area contributed by atoms with Crippen molar-refractivity contribution in [3.05, 3.63) is 76.8 Å². The fourth-order valence-corrected chi connectivity index (χ4v) is 5.80. The van der Waals surface area contributed by atoms with Gasteiger partial charge in [-0.3, -0.25) is 0 Å². The van der Waals surface area contributed by atoms with Gasteiger partial charge in [0.2, 0.25) is 0 Å². The molecule has 0 radical (unpaired) electrons. The lowest BCUT2D eigenvalue weighted by Crippen LogP contribution is -2.15. The highest BCUT2D eigenvalue weighted by atomic mass is 32.1. The minimum Gasteiger partial charge on any atom is -0.309 e. The third kappa shape index (κ3) is 2.09. The molecule has 0 atom stereocenters. The summed E-state index contributed by atoms with van der Waals surface area (Å²) >= 11 is 1.70. The molecule has 0 spiro atoms. The zero-order valence-corrected chi connectivity index (χ0v) is 17.9. The first-order valence-electron chi connectivity index (χ1n) is 10.1. The molecule has 0 N–H and O–H groups in total. The van der Waals surface area contributed by atoms with Crippen LogP contribution in [0.5, 0.6) is 0 Å². The van der Waals surface area contributed by atoms with E-state index in [1.165, 1.54) is 54.5 Å². The summed E-state index contributed by atoms with van der Waals surface area (Å²) in [5.41, 5.74) is 12.6. The van der Waals surface area contributed by atoms with Gasteiger partial charge in [0, 0.05) is 21.9 Å². The molecule has 2 heterocycles. The first-order valence-corrected chi connectivity index (χ1v) is 10.9. The molecule has 1 aliphatic rings. The Labute approximate surface area is 174 Å². The van der Waals surface area contributed by atoms with Crippen molar-refractivity contribution in [2.45, 2.75) is 33.1 Å². The molecule has 0 bridgehead atoms. The van der Waals surface area contributed by atoms with Crippen molar-refractivity contribution in [1.29, 1.82) is 0 Å². The molecular formula is C26H22N2S. The van der Waals surface area contributed by atoms with Crippen LogP contribution in [0.3, 0.4) is 0 Å². The van der Waals surface area contributed by atoms with Gasteiger partial charge in [-0.2, -0.15) is 0 Å². The smallest absolute Gasteiger partial charge is 0.0813 e. The second-order valence-corrected chi connectivity index (χ2v) is 9.50. The SMILES string of the molecule is CC1=C(C)C(C)(C)c2ccc3c(c21)c1ccccc1n3-c1ccc2ncsc2c1. The van der Waals surface area contributed by atoms with E-state index in [1.807, 2.05) is 5.51 Å². The Morgan fingerprint density at radius 1 is 0.931 bits per heavy atom. The normalized spacial score (nSPS) is 15.7. The molecule has 142 valence electrons. The Morgan fingerprint density at radius 2 is 1.76 bits per heavy atom. The van der Waals surface area contributed by atoms with Crippen molar-refractivity contribution in [1.82, 2.24) is 9.55 Å². The number of aromatic nitrogens is 2. The fourth-order valence-electron chi connectivity index (χ4n) is 5.09. The van der Waals surface area contributed by atoms with E-state index < -0.39 is 0 Å². The maximum Gasteiger partial charge on any atom is 0.0813 e. The fraction of sp³-hybridized carbons (Fsp3) is 0.192. The molecule has 0 saturated carbocycles. The van der Waals surface area contributed by atoms with Gasteiger partial charge in [-0.1, -0.05) is 43.7 Å². The Kier molecular flexibility index (Phi) is 3.27. The topological polar surface area (TPSA) is 17.8 Å². The summed E-state index contributed by atoms with van der Waals surface area (Å²) in [6.45, 7) is 9.27. The van der Waals surface area contributed by atoms with Gasteiger partial charge >= 0.3 is 0 Å². The molecule has 0 amide bonds. The van der Waals surface area contributed by atoms with Crippen molar-refractivity contribution < 1.29 is 0 Å². The van der Waals surface area contributed by atoms with Crippen molar-refractivity contribution >= 4 is 48.9 Å². The van der Waals surface area contributed by atoms with Gasteiger partial charge in [-0.05, 0) is 60.9 Å². The van der Waals surface area contributed by atoms with Crippen LogP contribution in [0.1, 0.15) is 38.8 Å². The molecule has 6 rings (SSSR count). The number of nitrogens with zero attached hydrogens (tertiary/aromatic N) is 2. The standard InChI is InChI=1S/C26H22N2S/c1-15-16(2)26(3,4)19-10-12-22-25(24(15)19)18-7-5-6-8-21(18)28(22)17-9-11-20-23(13-17)29-14-27-20/h5-14H,1-4H3. The molecule has 29 heavy (non-hydrogen) atoms. The predicted octanol–water partition coefficient (Wildman–Crippen LogP) is 7.48. The van der Waals surface area contributed by atoms with E-state index in [9.17, 15) is 0 Å². The number of thiazole rings is 1. The maximum absolute atomic E-state index is 4.45. The second-order valence-electron chi connectivity index (χ2n) is 8.61. The van der Waals surface area contributed by atoms with E-state index in [0.717, 1.165) is 5.52 Å². The van der Waals surface area contributed by atoms with Crippen molar-refractivity contribution in [2.24, 2.45) is 0 Å². The molecule has 0 fully saturated rings. The molecule has 3 aromatic carbocycles. The molecular weight excluding hydrogens is 372 g/mol. The highest BCUT2D eigenvalue weighted by Gasteiger charge is 2.35. The minimum absolute atomic E-state index is 0.0817. The minimum atomic E-state index is 0.0817. The number of allylic oxidation sites excluding steroid dienone is 2. The van der Waals surface area contributed by atoms with Crippen LogP contribution in [0, 0.1) is 0 Å². The average molecular weight is 395 g/mol. The van der Waals surface area contributed by atoms with Crippen LogP contribution in [0.2, 0.25) is 0 Å². The van der Waals surface area contributed by atoms with E-state index in [-0.39, 0.29) is 5.41 Å². The number of hydrogen-bond acceptors (Lipinski definition) is 2. The maximum atomic E-state index is 4.45. The summed E-state index contributed by atoms with van der Waals surface area (Å²) in [7, 11) is 0. The van der Waals surface area contributed by atoms with E-state index in [0.29, 0.717) is 0 Å². The van der Waals surface area contributed by atoms with Crippen molar-refractivity contribution in [3.8, 4) is 5.69 Å². The van der Waals surface area contributed by atoms with Crippen LogP contribution in [0.15, 0.2) is 65.7 Å². The van der Waals surface area contributed by atoms with Gasteiger partial charge in [0.15, 0.2) is 0 Å². The van der Waals surface area contributed by atoms with E-state index in [4.69, 9.17) is 0 Å².